The molecule has 0 saturated carbocycles. The molecule has 0 aliphatic carbocycles. The summed E-state index contributed by atoms with van der Waals surface area (Å²) in [5.74, 6) is 0. The minimum absolute atomic E-state index is 0.315. The second-order valence-corrected chi connectivity index (χ2v) is 5.08. The standard InChI is InChI=1S/C11H20O10/c12-1-4-6(15)9(8(17)10(18)20-4)21-11-7(16)5(14)3(13)2-19-11/h3-18H,1-2H2/t3-,4-,5+,6-,7-,8+,9+,10+,11+/m1/s1. The maximum Gasteiger partial charge on any atom is 0.186 e. The Kier molecular flexibility index (Phi) is 5.48. The van der Waals surface area contributed by atoms with E-state index in [1.807, 2.05) is 0 Å². The average molecular weight is 312 g/mol. The van der Waals surface area contributed by atoms with Crippen LogP contribution in [0.3, 0.4) is 0 Å². The largest absolute Gasteiger partial charge is 0.394 e. The lowest BCUT2D eigenvalue weighted by Gasteiger charge is -2.43. The normalized spacial score (nSPS) is 51.9. The second kappa shape index (κ2) is 6.79. The van der Waals surface area contributed by atoms with Crippen LogP contribution in [0.1, 0.15) is 0 Å². The monoisotopic (exact) mass is 312 g/mol. The fourth-order valence-corrected chi connectivity index (χ4v) is 2.28. The van der Waals surface area contributed by atoms with Crippen LogP contribution in [0.2, 0.25) is 0 Å². The van der Waals surface area contributed by atoms with Gasteiger partial charge in [-0.2, -0.15) is 0 Å². The molecule has 0 radical (unpaired) electrons. The van der Waals surface area contributed by atoms with E-state index in [2.05, 4.69) is 0 Å². The summed E-state index contributed by atoms with van der Waals surface area (Å²) in [6, 6.07) is 0. The van der Waals surface area contributed by atoms with Crippen molar-refractivity contribution in [2.75, 3.05) is 13.2 Å². The van der Waals surface area contributed by atoms with Gasteiger partial charge in [0, 0.05) is 0 Å². The molecule has 2 rings (SSSR count). The van der Waals surface area contributed by atoms with E-state index in [9.17, 15) is 30.6 Å². The summed E-state index contributed by atoms with van der Waals surface area (Å²) >= 11 is 0. The highest BCUT2D eigenvalue weighted by molar-refractivity contribution is 4.91. The van der Waals surface area contributed by atoms with Gasteiger partial charge in [-0.3, -0.25) is 0 Å². The first-order valence-electron chi connectivity index (χ1n) is 6.48. The van der Waals surface area contributed by atoms with Crippen LogP contribution in [0.15, 0.2) is 0 Å². The minimum Gasteiger partial charge on any atom is -0.394 e. The van der Waals surface area contributed by atoms with E-state index in [4.69, 9.17) is 19.3 Å². The topological polar surface area (TPSA) is 169 Å². The lowest BCUT2D eigenvalue weighted by molar-refractivity contribution is -0.343. The zero-order valence-corrected chi connectivity index (χ0v) is 11.0. The molecule has 0 spiro atoms. The first-order chi connectivity index (χ1) is 9.86. The van der Waals surface area contributed by atoms with Crippen molar-refractivity contribution in [3.8, 4) is 0 Å². The molecule has 0 aromatic rings. The zero-order chi connectivity index (χ0) is 15.7. The van der Waals surface area contributed by atoms with Crippen molar-refractivity contribution in [3.63, 3.8) is 0 Å². The number of aliphatic hydroxyl groups is 7. The van der Waals surface area contributed by atoms with Gasteiger partial charge in [0.05, 0.1) is 13.2 Å². The van der Waals surface area contributed by atoms with Crippen molar-refractivity contribution in [2.45, 2.75) is 55.3 Å². The molecule has 0 unspecified atom stereocenters. The SMILES string of the molecule is OC[C@H]1O[C@H](O)[C@@H](O)[C@@H](O[C@@H]2OC[C@@H](O)[C@H](O)[C@H]2O)[C@@H]1O. The molecule has 0 aromatic heterocycles. The first-order valence-corrected chi connectivity index (χ1v) is 6.48. The fraction of sp³-hybridized carbons (Fsp3) is 1.00. The van der Waals surface area contributed by atoms with E-state index >= 15 is 0 Å². The maximum absolute atomic E-state index is 9.92. The Hall–Kier alpha value is -0.400. The van der Waals surface area contributed by atoms with E-state index in [0.717, 1.165) is 0 Å². The fourth-order valence-electron chi connectivity index (χ4n) is 2.28. The summed E-state index contributed by atoms with van der Waals surface area (Å²) in [4.78, 5) is 0. The van der Waals surface area contributed by atoms with Gasteiger partial charge in [-0.05, 0) is 0 Å². The van der Waals surface area contributed by atoms with Gasteiger partial charge in [-0.15, -0.1) is 0 Å². The van der Waals surface area contributed by atoms with Gasteiger partial charge in [0.25, 0.3) is 0 Å². The van der Waals surface area contributed by atoms with E-state index < -0.39 is 61.9 Å². The van der Waals surface area contributed by atoms with Crippen molar-refractivity contribution in [1.82, 2.24) is 0 Å². The highest BCUT2D eigenvalue weighted by Gasteiger charge is 2.48. The summed E-state index contributed by atoms with van der Waals surface area (Å²) < 4.78 is 15.0. The molecular weight excluding hydrogens is 292 g/mol. The van der Waals surface area contributed by atoms with Crippen LogP contribution in [0.4, 0.5) is 0 Å². The van der Waals surface area contributed by atoms with Crippen LogP contribution in [-0.2, 0) is 14.2 Å². The van der Waals surface area contributed by atoms with Gasteiger partial charge in [0.2, 0.25) is 0 Å². The molecular formula is C11H20O10. The van der Waals surface area contributed by atoms with Gasteiger partial charge in [-0.1, -0.05) is 0 Å². The quantitative estimate of drug-likeness (QED) is 0.268. The van der Waals surface area contributed by atoms with Crippen molar-refractivity contribution >= 4 is 0 Å². The van der Waals surface area contributed by atoms with E-state index in [-0.39, 0.29) is 6.61 Å². The highest BCUT2D eigenvalue weighted by atomic mass is 16.7. The summed E-state index contributed by atoms with van der Waals surface area (Å²) in [6.45, 7) is -0.940. The van der Waals surface area contributed by atoms with Crippen LogP contribution in [-0.4, -0.2) is 104 Å². The Balaban J connectivity index is 2.05. The van der Waals surface area contributed by atoms with E-state index in [0.29, 0.717) is 0 Å². The Morgan fingerprint density at radius 1 is 0.905 bits per heavy atom. The molecule has 124 valence electrons. The van der Waals surface area contributed by atoms with Gasteiger partial charge in [0.15, 0.2) is 12.6 Å². The van der Waals surface area contributed by atoms with Gasteiger partial charge >= 0.3 is 0 Å². The van der Waals surface area contributed by atoms with Crippen molar-refractivity contribution in [3.05, 3.63) is 0 Å². The van der Waals surface area contributed by atoms with Gasteiger partial charge in [-0.25, -0.2) is 0 Å². The third kappa shape index (κ3) is 3.35. The predicted molar refractivity (Wildman–Crippen MR) is 62.6 cm³/mol. The number of hydrogen-bond acceptors (Lipinski definition) is 10. The number of ether oxygens (including phenoxy) is 3. The van der Waals surface area contributed by atoms with Crippen LogP contribution >= 0.6 is 0 Å². The molecule has 0 bridgehead atoms. The summed E-state index contributed by atoms with van der Waals surface area (Å²) in [5, 5.41) is 66.8. The first kappa shape index (κ1) is 17.0. The maximum atomic E-state index is 9.92. The Bertz CT molecular complexity index is 341. The number of hydrogen-bond donors (Lipinski definition) is 7. The number of rotatable bonds is 3. The molecule has 2 fully saturated rings. The molecule has 10 nitrogen and oxygen atoms in total. The molecule has 2 saturated heterocycles. The lowest BCUT2D eigenvalue weighted by Crippen LogP contribution is -2.62. The highest BCUT2D eigenvalue weighted by Crippen LogP contribution is 2.26. The summed E-state index contributed by atoms with van der Waals surface area (Å²) in [5.41, 5.74) is 0. The predicted octanol–water partition coefficient (Wildman–Crippen LogP) is -4.76. The lowest BCUT2D eigenvalue weighted by atomic mass is 9.98. The van der Waals surface area contributed by atoms with E-state index in [1.165, 1.54) is 0 Å². The molecule has 0 aromatic carbocycles. The Morgan fingerprint density at radius 2 is 1.57 bits per heavy atom. The molecule has 9 atom stereocenters. The van der Waals surface area contributed by atoms with Crippen molar-refractivity contribution in [1.29, 1.82) is 0 Å². The minimum atomic E-state index is -1.70. The van der Waals surface area contributed by atoms with Crippen LogP contribution in [0, 0.1) is 0 Å². The Labute approximate surface area is 119 Å². The van der Waals surface area contributed by atoms with Crippen molar-refractivity contribution in [2.24, 2.45) is 0 Å². The van der Waals surface area contributed by atoms with Crippen LogP contribution < -0.4 is 0 Å². The molecule has 2 aliphatic heterocycles. The molecule has 0 amide bonds. The molecule has 7 N–H and O–H groups in total. The van der Waals surface area contributed by atoms with Crippen molar-refractivity contribution < 1.29 is 50.0 Å². The zero-order valence-electron chi connectivity index (χ0n) is 11.0. The Morgan fingerprint density at radius 3 is 2.19 bits per heavy atom. The van der Waals surface area contributed by atoms with Gasteiger partial charge in [0.1, 0.15) is 42.7 Å². The third-order valence-corrected chi connectivity index (χ3v) is 3.59. The molecule has 10 heteroatoms. The summed E-state index contributed by atoms with van der Waals surface area (Å²) in [7, 11) is 0. The number of aliphatic hydroxyl groups excluding tert-OH is 7. The smallest absolute Gasteiger partial charge is 0.186 e. The third-order valence-electron chi connectivity index (χ3n) is 3.59. The van der Waals surface area contributed by atoms with Crippen LogP contribution in [0.5, 0.6) is 0 Å². The molecule has 2 aliphatic rings. The molecule has 21 heavy (non-hydrogen) atoms. The second-order valence-electron chi connectivity index (χ2n) is 5.08. The summed E-state index contributed by atoms with van der Waals surface area (Å²) in [6.07, 6.45) is -13.3. The van der Waals surface area contributed by atoms with E-state index in [1.54, 1.807) is 0 Å². The molecule has 2 heterocycles. The average Bonchev–Trinajstić information content (AvgIpc) is 2.47. The van der Waals surface area contributed by atoms with Crippen LogP contribution in [0.25, 0.3) is 0 Å². The van der Waals surface area contributed by atoms with Gasteiger partial charge < -0.3 is 50.0 Å².